The molecule has 2 rings (SSSR count). The SMILES string of the molecule is COCCNCC(=O)Nc1ccc(F)c(NC(=O)Cc2ccccc2)c1.Cl. The minimum atomic E-state index is -0.567. The van der Waals surface area contributed by atoms with E-state index in [1.807, 2.05) is 30.3 Å². The molecule has 27 heavy (non-hydrogen) atoms. The van der Waals surface area contributed by atoms with Crippen LogP contribution in [0.15, 0.2) is 48.5 Å². The van der Waals surface area contributed by atoms with Crippen LogP contribution in [0.5, 0.6) is 0 Å². The molecule has 0 saturated heterocycles. The fourth-order valence-corrected chi connectivity index (χ4v) is 2.26. The zero-order valence-electron chi connectivity index (χ0n) is 15.0. The third-order valence-electron chi connectivity index (χ3n) is 3.50. The molecule has 0 aliphatic rings. The average Bonchev–Trinajstić information content (AvgIpc) is 2.62. The highest BCUT2D eigenvalue weighted by Gasteiger charge is 2.10. The van der Waals surface area contributed by atoms with Crippen molar-refractivity contribution in [3.63, 3.8) is 0 Å². The molecule has 0 spiro atoms. The largest absolute Gasteiger partial charge is 0.383 e. The molecule has 0 bridgehead atoms. The van der Waals surface area contributed by atoms with Crippen LogP contribution < -0.4 is 16.0 Å². The van der Waals surface area contributed by atoms with Crippen LogP contribution in [-0.2, 0) is 20.7 Å². The molecule has 2 aromatic carbocycles. The van der Waals surface area contributed by atoms with Crippen molar-refractivity contribution in [2.45, 2.75) is 6.42 Å². The summed E-state index contributed by atoms with van der Waals surface area (Å²) in [5.41, 5.74) is 1.26. The van der Waals surface area contributed by atoms with Crippen LogP contribution in [0.1, 0.15) is 5.56 Å². The van der Waals surface area contributed by atoms with E-state index >= 15 is 0 Å². The lowest BCUT2D eigenvalue weighted by Gasteiger charge is -2.10. The molecule has 0 aromatic heterocycles. The molecule has 0 saturated carbocycles. The summed E-state index contributed by atoms with van der Waals surface area (Å²) in [4.78, 5) is 23.9. The number of hydrogen-bond donors (Lipinski definition) is 3. The highest BCUT2D eigenvalue weighted by Crippen LogP contribution is 2.20. The average molecular weight is 396 g/mol. The molecule has 2 aromatic rings. The van der Waals surface area contributed by atoms with E-state index < -0.39 is 5.82 Å². The maximum atomic E-state index is 13.9. The van der Waals surface area contributed by atoms with Gasteiger partial charge in [-0.3, -0.25) is 9.59 Å². The summed E-state index contributed by atoms with van der Waals surface area (Å²) < 4.78 is 18.8. The van der Waals surface area contributed by atoms with E-state index in [1.165, 1.54) is 18.2 Å². The molecule has 0 heterocycles. The number of halogens is 2. The first-order valence-electron chi connectivity index (χ1n) is 8.21. The molecule has 146 valence electrons. The topological polar surface area (TPSA) is 79.5 Å². The van der Waals surface area contributed by atoms with Crippen LogP contribution >= 0.6 is 12.4 Å². The Balaban J connectivity index is 0.00000364. The van der Waals surface area contributed by atoms with E-state index in [-0.39, 0.29) is 42.9 Å². The van der Waals surface area contributed by atoms with E-state index in [0.717, 1.165) is 5.56 Å². The van der Waals surface area contributed by atoms with Crippen molar-refractivity contribution >= 4 is 35.6 Å². The number of ether oxygens (including phenoxy) is 1. The summed E-state index contributed by atoms with van der Waals surface area (Å²) in [6.07, 6.45) is 0.139. The van der Waals surface area contributed by atoms with Gasteiger partial charge in [-0.05, 0) is 23.8 Å². The van der Waals surface area contributed by atoms with Gasteiger partial charge in [0, 0.05) is 19.3 Å². The van der Waals surface area contributed by atoms with Crippen LogP contribution in [-0.4, -0.2) is 38.6 Å². The first-order chi connectivity index (χ1) is 12.6. The predicted octanol–water partition coefficient (Wildman–Crippen LogP) is 2.60. The van der Waals surface area contributed by atoms with Gasteiger partial charge in [0.05, 0.1) is 25.3 Å². The van der Waals surface area contributed by atoms with Gasteiger partial charge in [-0.2, -0.15) is 0 Å². The van der Waals surface area contributed by atoms with E-state index in [2.05, 4.69) is 16.0 Å². The van der Waals surface area contributed by atoms with E-state index in [4.69, 9.17) is 4.74 Å². The first kappa shape index (κ1) is 22.6. The second-order valence-corrected chi connectivity index (χ2v) is 5.62. The van der Waals surface area contributed by atoms with E-state index in [1.54, 1.807) is 7.11 Å². The van der Waals surface area contributed by atoms with E-state index in [9.17, 15) is 14.0 Å². The molecule has 3 N–H and O–H groups in total. The standard InChI is InChI=1S/C19H22FN3O3.ClH/c1-26-10-9-21-13-19(25)22-15-7-8-16(20)17(12-15)23-18(24)11-14-5-3-2-4-6-14;/h2-8,12,21H,9-11,13H2,1H3,(H,22,25)(H,23,24);1H. The second-order valence-electron chi connectivity index (χ2n) is 5.62. The lowest BCUT2D eigenvalue weighted by Crippen LogP contribution is -2.30. The van der Waals surface area contributed by atoms with Gasteiger partial charge in [-0.15, -0.1) is 12.4 Å². The maximum absolute atomic E-state index is 13.9. The molecule has 8 heteroatoms. The molecule has 2 amide bonds. The molecule has 0 unspecified atom stereocenters. The van der Waals surface area contributed by atoms with Crippen LogP contribution in [0.2, 0.25) is 0 Å². The third-order valence-corrected chi connectivity index (χ3v) is 3.50. The van der Waals surface area contributed by atoms with Crippen molar-refractivity contribution in [3.05, 3.63) is 59.9 Å². The van der Waals surface area contributed by atoms with Crippen LogP contribution in [0.3, 0.4) is 0 Å². The highest BCUT2D eigenvalue weighted by atomic mass is 35.5. The number of carbonyl (C=O) groups is 2. The third kappa shape index (κ3) is 8.17. The highest BCUT2D eigenvalue weighted by molar-refractivity contribution is 5.95. The molecule has 0 aliphatic heterocycles. The minimum absolute atomic E-state index is 0. The molecule has 0 atom stereocenters. The number of benzene rings is 2. The number of rotatable bonds is 9. The summed E-state index contributed by atoms with van der Waals surface area (Å²) in [6.45, 7) is 1.16. The van der Waals surface area contributed by atoms with Crippen LogP contribution in [0, 0.1) is 5.82 Å². The predicted molar refractivity (Wildman–Crippen MR) is 106 cm³/mol. The van der Waals surface area contributed by atoms with Gasteiger partial charge in [0.25, 0.3) is 0 Å². The smallest absolute Gasteiger partial charge is 0.238 e. The summed E-state index contributed by atoms with van der Waals surface area (Å²) in [7, 11) is 1.58. The number of nitrogens with one attached hydrogen (secondary N) is 3. The Bertz CT molecular complexity index is 744. The molecule has 0 fully saturated rings. The normalized spacial score (nSPS) is 10.0. The van der Waals surface area contributed by atoms with Crippen LogP contribution in [0.25, 0.3) is 0 Å². The minimum Gasteiger partial charge on any atom is -0.383 e. The molecule has 0 aliphatic carbocycles. The van der Waals surface area contributed by atoms with Gasteiger partial charge in [-0.1, -0.05) is 30.3 Å². The Hall–Kier alpha value is -2.48. The van der Waals surface area contributed by atoms with Gasteiger partial charge in [0.15, 0.2) is 0 Å². The van der Waals surface area contributed by atoms with Crippen molar-refractivity contribution in [1.29, 1.82) is 0 Å². The quantitative estimate of drug-likeness (QED) is 0.570. The Labute approximate surface area is 163 Å². The molecular weight excluding hydrogens is 373 g/mol. The summed E-state index contributed by atoms with van der Waals surface area (Å²) in [5.74, 6) is -1.17. The van der Waals surface area contributed by atoms with Gasteiger partial charge >= 0.3 is 0 Å². The van der Waals surface area contributed by atoms with Crippen molar-refractivity contribution in [2.24, 2.45) is 0 Å². The first-order valence-corrected chi connectivity index (χ1v) is 8.21. The second kappa shape index (κ2) is 12.0. The summed E-state index contributed by atoms with van der Waals surface area (Å²) >= 11 is 0. The Morgan fingerprint density at radius 1 is 1.04 bits per heavy atom. The molecule has 6 nitrogen and oxygen atoms in total. The van der Waals surface area contributed by atoms with Crippen molar-refractivity contribution in [3.8, 4) is 0 Å². The Morgan fingerprint density at radius 3 is 2.48 bits per heavy atom. The van der Waals surface area contributed by atoms with Gasteiger partial charge < -0.3 is 20.7 Å². The van der Waals surface area contributed by atoms with Gasteiger partial charge in [0.2, 0.25) is 11.8 Å². The Kier molecular flexibility index (Phi) is 10.0. The van der Waals surface area contributed by atoms with Crippen molar-refractivity contribution in [1.82, 2.24) is 5.32 Å². The van der Waals surface area contributed by atoms with Gasteiger partial charge in [0.1, 0.15) is 5.82 Å². The van der Waals surface area contributed by atoms with E-state index in [0.29, 0.717) is 18.8 Å². The van der Waals surface area contributed by atoms with Gasteiger partial charge in [-0.25, -0.2) is 4.39 Å². The number of carbonyl (C=O) groups excluding carboxylic acids is 2. The number of methoxy groups -OCH3 is 1. The molecular formula is C19H23ClFN3O3. The fraction of sp³-hybridized carbons (Fsp3) is 0.263. The maximum Gasteiger partial charge on any atom is 0.238 e. The number of anilines is 2. The zero-order chi connectivity index (χ0) is 18.8. The monoisotopic (exact) mass is 395 g/mol. The van der Waals surface area contributed by atoms with Crippen molar-refractivity contribution < 1.29 is 18.7 Å². The fourth-order valence-electron chi connectivity index (χ4n) is 2.26. The summed E-state index contributed by atoms with van der Waals surface area (Å²) in [6, 6.07) is 13.2. The summed E-state index contributed by atoms with van der Waals surface area (Å²) in [5, 5.41) is 8.10. The van der Waals surface area contributed by atoms with Crippen LogP contribution in [0.4, 0.5) is 15.8 Å². The molecule has 0 radical (unpaired) electrons. The number of hydrogen-bond acceptors (Lipinski definition) is 4. The van der Waals surface area contributed by atoms with Crippen molar-refractivity contribution in [2.75, 3.05) is 37.4 Å². The lowest BCUT2D eigenvalue weighted by atomic mass is 10.1. The lowest BCUT2D eigenvalue weighted by molar-refractivity contribution is -0.116. The zero-order valence-corrected chi connectivity index (χ0v) is 15.8. The number of amides is 2. The Morgan fingerprint density at radius 2 is 1.78 bits per heavy atom.